The maximum absolute atomic E-state index is 9.56. The molecule has 0 aromatic rings. The molecule has 1 atom stereocenters. The van der Waals surface area contributed by atoms with Gasteiger partial charge in [0.05, 0.1) is 19.3 Å². The Labute approximate surface area is 135 Å². The molecule has 2 heteroatoms. The van der Waals surface area contributed by atoms with Crippen LogP contribution in [0.5, 0.6) is 0 Å². The fourth-order valence-corrected chi connectivity index (χ4v) is 3.17. The van der Waals surface area contributed by atoms with Crippen molar-refractivity contribution < 1.29 is 9.84 Å². The van der Waals surface area contributed by atoms with Crippen molar-refractivity contribution in [1.29, 1.82) is 0 Å². The van der Waals surface area contributed by atoms with E-state index in [1.807, 2.05) is 0 Å². The summed E-state index contributed by atoms with van der Waals surface area (Å²) in [5.41, 5.74) is 6.72. The largest absolute Gasteiger partial charge is 0.392 e. The lowest BCUT2D eigenvalue weighted by Crippen LogP contribution is -2.08. The molecule has 1 heterocycles. The molecular formula is C20H30O2. The minimum absolute atomic E-state index is 0.0722. The van der Waals surface area contributed by atoms with Gasteiger partial charge in [0.15, 0.2) is 0 Å². The third-order valence-electron chi connectivity index (χ3n) is 4.71. The second-order valence-corrected chi connectivity index (χ2v) is 6.71. The third-order valence-corrected chi connectivity index (χ3v) is 4.71. The van der Waals surface area contributed by atoms with Crippen molar-refractivity contribution in [3.8, 4) is 0 Å². The molecule has 2 rings (SSSR count). The highest BCUT2D eigenvalue weighted by atomic mass is 16.5. The van der Waals surface area contributed by atoms with Crippen LogP contribution in [0.2, 0.25) is 0 Å². The Kier molecular flexibility index (Phi) is 6.66. The predicted octanol–water partition coefficient (Wildman–Crippen LogP) is 4.87. The van der Waals surface area contributed by atoms with Crippen LogP contribution >= 0.6 is 0 Å². The molecule has 22 heavy (non-hydrogen) atoms. The third kappa shape index (κ3) is 4.96. The quantitative estimate of drug-likeness (QED) is 0.700. The zero-order chi connectivity index (χ0) is 15.9. The highest BCUT2D eigenvalue weighted by Gasteiger charge is 2.23. The summed E-state index contributed by atoms with van der Waals surface area (Å²) in [6, 6.07) is 0. The zero-order valence-corrected chi connectivity index (χ0v) is 14.3. The number of hydrogen-bond donors (Lipinski definition) is 1. The summed E-state index contributed by atoms with van der Waals surface area (Å²) in [6.07, 6.45) is 13.6. The Hall–Kier alpha value is -1.12. The van der Waals surface area contributed by atoms with E-state index in [4.69, 9.17) is 4.74 Å². The summed E-state index contributed by atoms with van der Waals surface area (Å²) in [5.74, 6) is 0. The van der Waals surface area contributed by atoms with Gasteiger partial charge in [-0.05, 0) is 70.4 Å². The fourth-order valence-electron chi connectivity index (χ4n) is 3.17. The van der Waals surface area contributed by atoms with E-state index in [2.05, 4.69) is 39.0 Å². The van der Waals surface area contributed by atoms with E-state index < -0.39 is 0 Å². The molecule has 0 unspecified atom stereocenters. The smallest absolute Gasteiger partial charge is 0.0978 e. The molecule has 0 bridgehead atoms. The second-order valence-electron chi connectivity index (χ2n) is 6.71. The van der Waals surface area contributed by atoms with Gasteiger partial charge in [0, 0.05) is 0 Å². The lowest BCUT2D eigenvalue weighted by atomic mass is 9.95. The first-order chi connectivity index (χ1) is 10.6. The van der Waals surface area contributed by atoms with Gasteiger partial charge in [-0.1, -0.05) is 34.9 Å². The van der Waals surface area contributed by atoms with E-state index in [0.29, 0.717) is 6.61 Å². The lowest BCUT2D eigenvalue weighted by Gasteiger charge is -2.14. The molecule has 1 N–H and O–H groups in total. The maximum atomic E-state index is 9.56. The van der Waals surface area contributed by atoms with Gasteiger partial charge in [-0.15, -0.1) is 0 Å². The van der Waals surface area contributed by atoms with Crippen LogP contribution in [0.3, 0.4) is 0 Å². The second kappa shape index (κ2) is 8.50. The maximum Gasteiger partial charge on any atom is 0.0978 e. The highest BCUT2D eigenvalue weighted by Crippen LogP contribution is 2.29. The number of rotatable bonds is 1. The molecule has 0 fully saturated rings. The van der Waals surface area contributed by atoms with Crippen molar-refractivity contribution in [3.05, 3.63) is 46.1 Å². The van der Waals surface area contributed by atoms with Gasteiger partial charge >= 0.3 is 0 Å². The molecule has 0 amide bonds. The van der Waals surface area contributed by atoms with E-state index in [1.165, 1.54) is 22.3 Å². The van der Waals surface area contributed by atoms with Crippen LogP contribution in [-0.4, -0.2) is 24.4 Å². The van der Waals surface area contributed by atoms with Gasteiger partial charge in [-0.25, -0.2) is 0 Å². The predicted molar refractivity (Wildman–Crippen MR) is 92.8 cm³/mol. The number of aliphatic hydroxyl groups is 1. The molecule has 1 aliphatic heterocycles. The first-order valence-electron chi connectivity index (χ1n) is 8.52. The van der Waals surface area contributed by atoms with Crippen molar-refractivity contribution in [1.82, 2.24) is 0 Å². The van der Waals surface area contributed by atoms with Crippen molar-refractivity contribution in [3.63, 3.8) is 0 Å². The summed E-state index contributed by atoms with van der Waals surface area (Å²) in [5, 5.41) is 9.56. The molecule has 0 aromatic carbocycles. The molecule has 1 aliphatic carbocycles. The molecule has 0 saturated heterocycles. The lowest BCUT2D eigenvalue weighted by molar-refractivity contribution is 0.146. The van der Waals surface area contributed by atoms with E-state index in [-0.39, 0.29) is 12.7 Å². The number of allylic oxidation sites excluding steroid dienone is 5. The number of ether oxygens (including phenoxy) is 1. The molecule has 2 aliphatic rings. The molecule has 0 radical (unpaired) electrons. The standard InChI is InChI=1S/C20H30O2/c1-15-6-4-8-16(2)10-11-19-18(13-21)14-22-20(19)12-17(3)9-5-7-15/h7-8,12,20-21H,4-6,9-11,13-14H2,1-3H3/b15-7-,16-8-,17-12-/t20-/m0/s1. The zero-order valence-electron chi connectivity index (χ0n) is 14.3. The Bertz CT molecular complexity index is 506. The van der Waals surface area contributed by atoms with Gasteiger partial charge in [0.1, 0.15) is 0 Å². The minimum atomic E-state index is 0.0722. The average Bonchev–Trinajstić information content (AvgIpc) is 2.86. The van der Waals surface area contributed by atoms with Crippen molar-refractivity contribution in [2.75, 3.05) is 13.2 Å². The van der Waals surface area contributed by atoms with Crippen molar-refractivity contribution in [2.45, 2.75) is 65.4 Å². The Morgan fingerprint density at radius 1 is 0.955 bits per heavy atom. The van der Waals surface area contributed by atoms with Crippen LogP contribution in [0.4, 0.5) is 0 Å². The summed E-state index contributed by atoms with van der Waals surface area (Å²) in [4.78, 5) is 0. The average molecular weight is 302 g/mol. The summed E-state index contributed by atoms with van der Waals surface area (Å²) < 4.78 is 5.90. The Morgan fingerprint density at radius 3 is 2.27 bits per heavy atom. The summed E-state index contributed by atoms with van der Waals surface area (Å²) >= 11 is 0. The van der Waals surface area contributed by atoms with E-state index in [9.17, 15) is 5.11 Å². The number of aliphatic hydroxyl groups excluding tert-OH is 1. The van der Waals surface area contributed by atoms with Crippen LogP contribution in [-0.2, 0) is 4.74 Å². The normalized spacial score (nSPS) is 32.2. The monoisotopic (exact) mass is 302 g/mol. The SMILES string of the molecule is C/C1=C/CC/C(C)=C\[C@@H]2OCC(CO)=C2CC/C(C)=C\CC1. The van der Waals surface area contributed by atoms with Crippen LogP contribution in [0, 0.1) is 0 Å². The van der Waals surface area contributed by atoms with Gasteiger partial charge in [-0.3, -0.25) is 0 Å². The minimum Gasteiger partial charge on any atom is -0.392 e. The van der Waals surface area contributed by atoms with Crippen molar-refractivity contribution >= 4 is 0 Å². The Balaban J connectivity index is 2.20. The van der Waals surface area contributed by atoms with E-state index in [1.54, 1.807) is 0 Å². The van der Waals surface area contributed by atoms with Crippen LogP contribution < -0.4 is 0 Å². The molecular weight excluding hydrogens is 272 g/mol. The van der Waals surface area contributed by atoms with E-state index in [0.717, 1.165) is 44.1 Å². The van der Waals surface area contributed by atoms with Crippen LogP contribution in [0.25, 0.3) is 0 Å². The highest BCUT2D eigenvalue weighted by molar-refractivity contribution is 5.30. The summed E-state index contributed by atoms with van der Waals surface area (Å²) in [6.45, 7) is 7.36. The molecule has 0 aromatic heterocycles. The molecule has 2 nitrogen and oxygen atoms in total. The van der Waals surface area contributed by atoms with Crippen molar-refractivity contribution in [2.24, 2.45) is 0 Å². The van der Waals surface area contributed by atoms with E-state index >= 15 is 0 Å². The molecule has 0 spiro atoms. The van der Waals surface area contributed by atoms with Gasteiger partial charge in [-0.2, -0.15) is 0 Å². The number of hydrogen-bond acceptors (Lipinski definition) is 2. The van der Waals surface area contributed by atoms with Crippen LogP contribution in [0.1, 0.15) is 59.3 Å². The molecule has 0 saturated carbocycles. The van der Waals surface area contributed by atoms with Gasteiger partial charge < -0.3 is 9.84 Å². The topological polar surface area (TPSA) is 29.5 Å². The Morgan fingerprint density at radius 2 is 1.59 bits per heavy atom. The van der Waals surface area contributed by atoms with Crippen LogP contribution in [0.15, 0.2) is 46.1 Å². The first kappa shape index (κ1) is 17.2. The van der Waals surface area contributed by atoms with Gasteiger partial charge in [0.25, 0.3) is 0 Å². The first-order valence-corrected chi connectivity index (χ1v) is 8.52. The fraction of sp³-hybridized carbons (Fsp3) is 0.600. The number of fused-ring (bicyclic) bond motifs is 1. The summed E-state index contributed by atoms with van der Waals surface area (Å²) in [7, 11) is 0. The van der Waals surface area contributed by atoms with Gasteiger partial charge in [0.2, 0.25) is 0 Å². The molecule has 122 valence electrons.